The maximum Gasteiger partial charge on any atom is 0.408 e. The number of hydrogen-bond acceptors (Lipinski definition) is 2. The number of nitrogens with zero attached hydrogens (tertiary/aromatic N) is 2. The Morgan fingerprint density at radius 3 is 2.33 bits per heavy atom. The van der Waals surface area contributed by atoms with Gasteiger partial charge in [0.1, 0.15) is 5.54 Å². The van der Waals surface area contributed by atoms with Crippen LogP contribution in [0.25, 0.3) is 0 Å². The lowest BCUT2D eigenvalue weighted by Crippen LogP contribution is -2.67. The van der Waals surface area contributed by atoms with Gasteiger partial charge in [-0.2, -0.15) is 0 Å². The molecule has 4 aliphatic heterocycles. The summed E-state index contributed by atoms with van der Waals surface area (Å²) >= 11 is 0. The van der Waals surface area contributed by atoms with Crippen molar-refractivity contribution in [1.82, 2.24) is 9.80 Å². The average Bonchev–Trinajstić information content (AvgIpc) is 2.74. The van der Waals surface area contributed by atoms with Gasteiger partial charge in [0.05, 0.1) is 0 Å². The number of carboxylic acid groups (broad SMARTS) is 1. The Morgan fingerprint density at radius 2 is 1.67 bits per heavy atom. The second-order valence-electron chi connectivity index (χ2n) is 8.20. The summed E-state index contributed by atoms with van der Waals surface area (Å²) in [7, 11) is 0. The minimum absolute atomic E-state index is 0.199. The molecule has 0 aliphatic carbocycles. The van der Waals surface area contributed by atoms with E-state index in [0.717, 1.165) is 31.5 Å². The predicted octanol–water partition coefficient (Wildman–Crippen LogP) is 3.95. The monoisotopic (exact) mass is 362 g/mol. The van der Waals surface area contributed by atoms with E-state index in [1.54, 1.807) is 4.90 Å². The summed E-state index contributed by atoms with van der Waals surface area (Å²) in [5.74, 6) is 0.713. The highest BCUT2D eigenvalue weighted by Gasteiger charge is 2.56. The standard InChI is InChI=1S/C23H26N2O2/c26-22(27)25-15-12-18-6-4-5-9-20(18)23(25,19-7-2-1-3-8-19)21-16-17-10-13-24(21)14-11-17/h1-9,17,21H,10-16H2,(H,26,27). The first-order chi connectivity index (χ1) is 13.2. The molecule has 4 heteroatoms. The molecule has 2 aromatic rings. The first kappa shape index (κ1) is 16.8. The van der Waals surface area contributed by atoms with Gasteiger partial charge in [0.15, 0.2) is 0 Å². The molecule has 1 N–H and O–H groups in total. The molecule has 140 valence electrons. The van der Waals surface area contributed by atoms with Gasteiger partial charge in [0.2, 0.25) is 0 Å². The van der Waals surface area contributed by atoms with Crippen molar-refractivity contribution in [3.8, 4) is 0 Å². The van der Waals surface area contributed by atoms with Crippen LogP contribution in [0.1, 0.15) is 36.0 Å². The van der Waals surface area contributed by atoms with Crippen molar-refractivity contribution in [1.29, 1.82) is 0 Å². The Bertz CT molecular complexity index is 844. The molecule has 0 saturated carbocycles. The zero-order chi connectivity index (χ0) is 18.4. The first-order valence-electron chi connectivity index (χ1n) is 10.1. The quantitative estimate of drug-likeness (QED) is 0.880. The van der Waals surface area contributed by atoms with Gasteiger partial charge in [0.25, 0.3) is 0 Å². The Hall–Kier alpha value is -2.33. The third-order valence-electron chi connectivity index (χ3n) is 7.03. The van der Waals surface area contributed by atoms with Crippen LogP contribution < -0.4 is 0 Å². The van der Waals surface area contributed by atoms with E-state index in [4.69, 9.17) is 0 Å². The van der Waals surface area contributed by atoms with Crippen LogP contribution in [0.3, 0.4) is 0 Å². The lowest BCUT2D eigenvalue weighted by Gasteiger charge is -2.58. The van der Waals surface area contributed by atoms with Gasteiger partial charge in [-0.3, -0.25) is 9.80 Å². The summed E-state index contributed by atoms with van der Waals surface area (Å²) in [5, 5.41) is 10.3. The molecule has 2 bridgehead atoms. The highest BCUT2D eigenvalue weighted by atomic mass is 16.4. The molecule has 0 spiro atoms. The third kappa shape index (κ3) is 2.43. The molecule has 27 heavy (non-hydrogen) atoms. The van der Waals surface area contributed by atoms with Crippen molar-refractivity contribution in [2.75, 3.05) is 19.6 Å². The van der Waals surface area contributed by atoms with Crippen LogP contribution in [0, 0.1) is 5.92 Å². The second-order valence-corrected chi connectivity index (χ2v) is 8.20. The predicted molar refractivity (Wildman–Crippen MR) is 105 cm³/mol. The molecule has 1 amide bonds. The van der Waals surface area contributed by atoms with E-state index in [2.05, 4.69) is 41.3 Å². The lowest BCUT2D eigenvalue weighted by molar-refractivity contribution is -0.0421. The number of carbonyl (C=O) groups is 1. The van der Waals surface area contributed by atoms with Crippen LogP contribution in [-0.2, 0) is 12.0 Å². The normalized spacial score (nSPS) is 32.1. The summed E-state index contributed by atoms with van der Waals surface area (Å²) in [5.41, 5.74) is 2.96. The molecule has 4 nitrogen and oxygen atoms in total. The molecule has 2 atom stereocenters. The summed E-state index contributed by atoms with van der Waals surface area (Å²) < 4.78 is 0. The van der Waals surface area contributed by atoms with Crippen molar-refractivity contribution in [3.05, 3.63) is 71.3 Å². The van der Waals surface area contributed by atoms with Crippen LogP contribution >= 0.6 is 0 Å². The molecule has 2 aromatic carbocycles. The van der Waals surface area contributed by atoms with Crippen LogP contribution in [0.2, 0.25) is 0 Å². The molecule has 0 aromatic heterocycles. The van der Waals surface area contributed by atoms with Gasteiger partial charge in [-0.05, 0) is 61.4 Å². The Kier molecular flexibility index (Phi) is 3.97. The van der Waals surface area contributed by atoms with E-state index < -0.39 is 11.6 Å². The fraction of sp³-hybridized carbons (Fsp3) is 0.435. The lowest BCUT2D eigenvalue weighted by atomic mass is 9.65. The van der Waals surface area contributed by atoms with Gasteiger partial charge in [-0.15, -0.1) is 0 Å². The van der Waals surface area contributed by atoms with E-state index in [9.17, 15) is 9.90 Å². The fourth-order valence-electron chi connectivity index (χ4n) is 5.87. The van der Waals surface area contributed by atoms with Crippen LogP contribution in [0.15, 0.2) is 54.6 Å². The number of benzene rings is 2. The number of piperidine rings is 3. The van der Waals surface area contributed by atoms with Crippen molar-refractivity contribution in [2.24, 2.45) is 5.92 Å². The summed E-state index contributed by atoms with van der Waals surface area (Å²) in [6, 6.07) is 19.1. The molecule has 3 saturated heterocycles. The number of amides is 1. The Labute approximate surface area is 160 Å². The van der Waals surface area contributed by atoms with E-state index in [0.29, 0.717) is 12.5 Å². The minimum atomic E-state index is -0.809. The first-order valence-corrected chi connectivity index (χ1v) is 10.1. The Balaban J connectivity index is 1.79. The maximum absolute atomic E-state index is 12.5. The SMILES string of the molecule is O=C(O)N1CCc2ccccc2C1(c1ccccc1)C1CC2CCN1CC2. The summed E-state index contributed by atoms with van der Waals surface area (Å²) in [6.45, 7) is 2.72. The van der Waals surface area contributed by atoms with E-state index in [1.165, 1.54) is 24.0 Å². The number of rotatable bonds is 2. The smallest absolute Gasteiger partial charge is 0.408 e. The van der Waals surface area contributed by atoms with Crippen molar-refractivity contribution < 1.29 is 9.90 Å². The highest BCUT2D eigenvalue weighted by Crippen LogP contribution is 2.50. The van der Waals surface area contributed by atoms with Gasteiger partial charge in [-0.25, -0.2) is 4.79 Å². The third-order valence-corrected chi connectivity index (χ3v) is 7.03. The van der Waals surface area contributed by atoms with Gasteiger partial charge in [-0.1, -0.05) is 54.6 Å². The molecule has 4 aliphatic rings. The molecule has 0 radical (unpaired) electrons. The molecular formula is C23H26N2O2. The van der Waals surface area contributed by atoms with Gasteiger partial charge < -0.3 is 5.11 Å². The van der Waals surface area contributed by atoms with Crippen LogP contribution in [0.4, 0.5) is 4.79 Å². The summed E-state index contributed by atoms with van der Waals surface area (Å²) in [6.07, 6.45) is 3.54. The molecular weight excluding hydrogens is 336 g/mol. The van der Waals surface area contributed by atoms with Crippen molar-refractivity contribution >= 4 is 6.09 Å². The topological polar surface area (TPSA) is 43.8 Å². The minimum Gasteiger partial charge on any atom is -0.465 e. The van der Waals surface area contributed by atoms with Crippen LogP contribution in [-0.4, -0.2) is 46.7 Å². The molecule has 3 fully saturated rings. The molecule has 6 rings (SSSR count). The maximum atomic E-state index is 12.5. The largest absolute Gasteiger partial charge is 0.465 e. The highest BCUT2D eigenvalue weighted by molar-refractivity contribution is 5.70. The Morgan fingerprint density at radius 1 is 0.963 bits per heavy atom. The fourth-order valence-corrected chi connectivity index (χ4v) is 5.87. The molecule has 4 heterocycles. The number of fused-ring (bicyclic) bond motifs is 4. The zero-order valence-electron chi connectivity index (χ0n) is 15.6. The van der Waals surface area contributed by atoms with E-state index >= 15 is 0 Å². The number of hydrogen-bond donors (Lipinski definition) is 1. The van der Waals surface area contributed by atoms with Crippen molar-refractivity contribution in [3.63, 3.8) is 0 Å². The molecule has 2 unspecified atom stereocenters. The average molecular weight is 362 g/mol. The van der Waals surface area contributed by atoms with Gasteiger partial charge in [0, 0.05) is 12.6 Å². The second kappa shape index (κ2) is 6.38. The van der Waals surface area contributed by atoms with E-state index in [1.807, 2.05) is 18.2 Å². The van der Waals surface area contributed by atoms with E-state index in [-0.39, 0.29) is 6.04 Å². The summed E-state index contributed by atoms with van der Waals surface area (Å²) in [4.78, 5) is 16.8. The van der Waals surface area contributed by atoms with Gasteiger partial charge >= 0.3 is 6.09 Å². The van der Waals surface area contributed by atoms with Crippen LogP contribution in [0.5, 0.6) is 0 Å². The zero-order valence-corrected chi connectivity index (χ0v) is 15.6. The van der Waals surface area contributed by atoms with Crippen molar-refractivity contribution in [2.45, 2.75) is 37.3 Å².